The van der Waals surface area contributed by atoms with Gasteiger partial charge in [0.15, 0.2) is 0 Å². The number of rotatable bonds is 3. The number of hydrogen-bond donors (Lipinski definition) is 0. The fraction of sp³-hybridized carbons (Fsp3) is 0.353. The van der Waals surface area contributed by atoms with Gasteiger partial charge in [-0.05, 0) is 18.6 Å². The van der Waals surface area contributed by atoms with Gasteiger partial charge in [0, 0.05) is 50.3 Å². The number of pyridine rings is 1. The molecule has 0 spiro atoms. The van der Waals surface area contributed by atoms with E-state index < -0.39 is 0 Å². The first-order valence-electron chi connectivity index (χ1n) is 8.22. The summed E-state index contributed by atoms with van der Waals surface area (Å²) in [4.78, 5) is 27.4. The number of nitrogens with zero attached hydrogens (tertiary/aromatic N) is 7. The number of aryl methyl sites for hydroxylation is 1. The number of fused-ring (bicyclic) bond motifs is 1. The van der Waals surface area contributed by atoms with Crippen LogP contribution < -0.4 is 0 Å². The van der Waals surface area contributed by atoms with Gasteiger partial charge in [-0.2, -0.15) is 5.10 Å². The summed E-state index contributed by atoms with van der Waals surface area (Å²) in [5.41, 5.74) is 1.58. The number of aromatic nitrogens is 6. The largest absolute Gasteiger partial charge is 0.333 e. The molecule has 8 nitrogen and oxygen atoms in total. The van der Waals surface area contributed by atoms with Gasteiger partial charge in [0.2, 0.25) is 0 Å². The van der Waals surface area contributed by atoms with Crippen LogP contribution in [0.3, 0.4) is 0 Å². The Kier molecular flexibility index (Phi) is 4.01. The number of amides is 1. The van der Waals surface area contributed by atoms with Crippen molar-refractivity contribution in [2.45, 2.75) is 26.6 Å². The van der Waals surface area contributed by atoms with Crippen LogP contribution in [0, 0.1) is 12.8 Å². The third kappa shape index (κ3) is 3.28. The highest BCUT2D eigenvalue weighted by atomic mass is 16.2. The van der Waals surface area contributed by atoms with Crippen molar-refractivity contribution in [1.29, 1.82) is 0 Å². The van der Waals surface area contributed by atoms with E-state index in [0.717, 1.165) is 17.9 Å². The first kappa shape index (κ1) is 15.5. The van der Waals surface area contributed by atoms with Crippen LogP contribution in [0.25, 0.3) is 0 Å². The maximum Gasteiger partial charge on any atom is 0.255 e. The third-order valence-electron chi connectivity index (χ3n) is 4.39. The van der Waals surface area contributed by atoms with Crippen LogP contribution in [0.2, 0.25) is 0 Å². The van der Waals surface area contributed by atoms with Crippen molar-refractivity contribution in [3.63, 3.8) is 0 Å². The van der Waals surface area contributed by atoms with Crippen LogP contribution in [-0.4, -0.2) is 46.7 Å². The molecule has 4 heterocycles. The minimum Gasteiger partial charge on any atom is -0.333 e. The summed E-state index contributed by atoms with van der Waals surface area (Å²) in [5, 5.41) is 4.19. The van der Waals surface area contributed by atoms with Crippen LogP contribution in [0.5, 0.6) is 0 Å². The SMILES string of the molecule is Cc1cncc(C(=O)N2Cc3nccn3C[C@@H](Cn3cncn3)C2)c1. The molecule has 1 aliphatic rings. The molecule has 3 aromatic heterocycles. The van der Waals surface area contributed by atoms with Crippen molar-refractivity contribution in [3.8, 4) is 0 Å². The normalized spacial score (nSPS) is 17.2. The summed E-state index contributed by atoms with van der Waals surface area (Å²) in [6.07, 6.45) is 10.4. The van der Waals surface area contributed by atoms with Crippen molar-refractivity contribution in [2.24, 2.45) is 5.92 Å². The predicted molar refractivity (Wildman–Crippen MR) is 89.5 cm³/mol. The molecule has 3 aromatic rings. The van der Waals surface area contributed by atoms with Gasteiger partial charge in [0.05, 0.1) is 12.1 Å². The van der Waals surface area contributed by atoms with E-state index >= 15 is 0 Å². The Labute approximate surface area is 145 Å². The second-order valence-electron chi connectivity index (χ2n) is 6.42. The minimum absolute atomic E-state index is 0.0174. The van der Waals surface area contributed by atoms with Gasteiger partial charge in [-0.3, -0.25) is 14.5 Å². The highest BCUT2D eigenvalue weighted by Crippen LogP contribution is 2.19. The number of imidazole rings is 1. The summed E-state index contributed by atoms with van der Waals surface area (Å²) < 4.78 is 3.92. The predicted octanol–water partition coefficient (Wildman–Crippen LogP) is 1.15. The summed E-state index contributed by atoms with van der Waals surface area (Å²) in [7, 11) is 0. The molecule has 0 fully saturated rings. The Morgan fingerprint density at radius 1 is 1.28 bits per heavy atom. The zero-order valence-electron chi connectivity index (χ0n) is 14.0. The molecular weight excluding hydrogens is 318 g/mol. The third-order valence-corrected chi connectivity index (χ3v) is 4.39. The zero-order valence-corrected chi connectivity index (χ0v) is 14.0. The second kappa shape index (κ2) is 6.46. The average molecular weight is 337 g/mol. The molecule has 128 valence electrons. The van der Waals surface area contributed by atoms with E-state index in [1.165, 1.54) is 6.33 Å². The molecule has 0 unspecified atom stereocenters. The molecule has 0 bridgehead atoms. The molecule has 1 aliphatic heterocycles. The maximum absolute atomic E-state index is 13.0. The highest BCUT2D eigenvalue weighted by Gasteiger charge is 2.27. The van der Waals surface area contributed by atoms with Gasteiger partial charge in [0.1, 0.15) is 18.5 Å². The monoisotopic (exact) mass is 337 g/mol. The zero-order chi connectivity index (χ0) is 17.2. The maximum atomic E-state index is 13.0. The molecule has 0 aliphatic carbocycles. The lowest BCUT2D eigenvalue weighted by Gasteiger charge is -2.24. The topological polar surface area (TPSA) is 81.7 Å². The van der Waals surface area contributed by atoms with Crippen LogP contribution >= 0.6 is 0 Å². The van der Waals surface area contributed by atoms with Crippen molar-refractivity contribution in [2.75, 3.05) is 6.54 Å². The molecule has 8 heteroatoms. The van der Waals surface area contributed by atoms with E-state index in [2.05, 4.69) is 24.6 Å². The summed E-state index contributed by atoms with van der Waals surface area (Å²) in [5.74, 6) is 1.10. The lowest BCUT2D eigenvalue weighted by atomic mass is 10.1. The van der Waals surface area contributed by atoms with E-state index in [9.17, 15) is 4.79 Å². The van der Waals surface area contributed by atoms with Gasteiger partial charge >= 0.3 is 0 Å². The molecule has 1 atom stereocenters. The highest BCUT2D eigenvalue weighted by molar-refractivity contribution is 5.94. The van der Waals surface area contributed by atoms with Crippen LogP contribution in [-0.2, 0) is 19.6 Å². The molecule has 0 saturated heterocycles. The van der Waals surface area contributed by atoms with E-state index in [-0.39, 0.29) is 11.8 Å². The van der Waals surface area contributed by atoms with Crippen molar-refractivity contribution in [3.05, 3.63) is 60.5 Å². The van der Waals surface area contributed by atoms with E-state index in [1.807, 2.05) is 28.8 Å². The summed E-state index contributed by atoms with van der Waals surface area (Å²) in [6.45, 7) is 4.56. The molecule has 0 aromatic carbocycles. The Morgan fingerprint density at radius 3 is 3.00 bits per heavy atom. The Hall–Kier alpha value is -3.03. The van der Waals surface area contributed by atoms with Crippen molar-refractivity contribution >= 4 is 5.91 Å². The van der Waals surface area contributed by atoms with Crippen molar-refractivity contribution < 1.29 is 4.79 Å². The Balaban J connectivity index is 1.61. The van der Waals surface area contributed by atoms with E-state index in [4.69, 9.17) is 0 Å². The fourth-order valence-electron chi connectivity index (χ4n) is 3.26. The van der Waals surface area contributed by atoms with Crippen LogP contribution in [0.1, 0.15) is 21.7 Å². The number of hydrogen-bond acceptors (Lipinski definition) is 5. The van der Waals surface area contributed by atoms with Gasteiger partial charge in [0.25, 0.3) is 5.91 Å². The van der Waals surface area contributed by atoms with Gasteiger partial charge in [-0.1, -0.05) is 0 Å². The smallest absolute Gasteiger partial charge is 0.255 e. The lowest BCUT2D eigenvalue weighted by molar-refractivity contribution is 0.0712. The Morgan fingerprint density at radius 2 is 2.20 bits per heavy atom. The quantitative estimate of drug-likeness (QED) is 0.716. The minimum atomic E-state index is -0.0174. The van der Waals surface area contributed by atoms with Gasteiger partial charge < -0.3 is 9.47 Å². The van der Waals surface area contributed by atoms with Crippen LogP contribution in [0.15, 0.2) is 43.5 Å². The number of carbonyl (C=O) groups excluding carboxylic acids is 1. The molecule has 25 heavy (non-hydrogen) atoms. The van der Waals surface area contributed by atoms with Gasteiger partial charge in [-0.15, -0.1) is 0 Å². The summed E-state index contributed by atoms with van der Waals surface area (Å²) >= 11 is 0. The fourth-order valence-corrected chi connectivity index (χ4v) is 3.26. The summed E-state index contributed by atoms with van der Waals surface area (Å²) in [6, 6.07) is 1.87. The Bertz CT molecular complexity index is 871. The standard InChI is InChI=1S/C17H19N7O/c1-13-4-15(6-18-5-13)17(25)23-8-14(9-24-12-19-11-21-24)7-22-3-2-20-16(22)10-23/h2-6,11-12,14H,7-10H2,1H3/t14-/m1/s1. The van der Waals surface area contributed by atoms with Crippen LogP contribution in [0.4, 0.5) is 0 Å². The molecule has 0 radical (unpaired) electrons. The first-order chi connectivity index (χ1) is 12.2. The van der Waals surface area contributed by atoms with Gasteiger partial charge in [-0.25, -0.2) is 9.97 Å². The molecular formula is C17H19N7O. The second-order valence-corrected chi connectivity index (χ2v) is 6.42. The van der Waals surface area contributed by atoms with E-state index in [1.54, 1.807) is 24.9 Å². The molecule has 4 rings (SSSR count). The van der Waals surface area contributed by atoms with E-state index in [0.29, 0.717) is 25.2 Å². The molecule has 0 saturated carbocycles. The lowest BCUT2D eigenvalue weighted by Crippen LogP contribution is -2.35. The average Bonchev–Trinajstić information content (AvgIpc) is 3.23. The van der Waals surface area contributed by atoms with Crippen molar-refractivity contribution in [1.82, 2.24) is 34.2 Å². The number of carbonyl (C=O) groups is 1. The first-order valence-corrected chi connectivity index (χ1v) is 8.22. The molecule has 1 amide bonds. The molecule has 0 N–H and O–H groups in total.